The fourth-order valence-corrected chi connectivity index (χ4v) is 4.26. The second kappa shape index (κ2) is 6.95. The number of nitrogens with one attached hydrogen (secondary N) is 1. The van der Waals surface area contributed by atoms with Crippen LogP contribution in [-0.2, 0) is 4.74 Å². The minimum atomic E-state index is -0.258. The van der Waals surface area contributed by atoms with Crippen LogP contribution < -0.4 is 15.0 Å². The molecule has 1 saturated heterocycles. The lowest BCUT2D eigenvalue weighted by Gasteiger charge is -2.29. The van der Waals surface area contributed by atoms with E-state index in [0.29, 0.717) is 34.6 Å². The molecule has 0 aliphatic carbocycles. The van der Waals surface area contributed by atoms with E-state index in [4.69, 9.17) is 9.47 Å². The first-order chi connectivity index (χ1) is 12.3. The number of ether oxygens (including phenoxy) is 2. The van der Waals surface area contributed by atoms with Crippen molar-refractivity contribution in [3.63, 3.8) is 0 Å². The third-order valence-corrected chi connectivity index (χ3v) is 5.67. The van der Waals surface area contributed by atoms with Gasteiger partial charge in [-0.3, -0.25) is 10.1 Å². The molecule has 0 bridgehead atoms. The van der Waals surface area contributed by atoms with Crippen LogP contribution in [0, 0.1) is 0 Å². The molecule has 1 N–H and O–H groups in total. The lowest BCUT2D eigenvalue weighted by Crippen LogP contribution is -2.36. The average Bonchev–Trinajstić information content (AvgIpc) is 3.31. The van der Waals surface area contributed by atoms with E-state index in [-0.39, 0.29) is 5.91 Å². The molecule has 1 amide bonds. The van der Waals surface area contributed by atoms with Gasteiger partial charge >= 0.3 is 0 Å². The monoisotopic (exact) mass is 376 g/mol. The maximum Gasteiger partial charge on any atom is 0.286 e. The molecule has 1 aromatic carbocycles. The molecule has 3 aromatic rings. The summed E-state index contributed by atoms with van der Waals surface area (Å²) in [5, 5.41) is 5.54. The van der Waals surface area contributed by atoms with Crippen LogP contribution >= 0.6 is 22.7 Å². The Bertz CT molecular complexity index is 888. The number of benzene rings is 1. The summed E-state index contributed by atoms with van der Waals surface area (Å²) < 4.78 is 11.8. The minimum Gasteiger partial charge on any atom is -0.494 e. The molecular weight excluding hydrogens is 360 g/mol. The smallest absolute Gasteiger partial charge is 0.286 e. The van der Waals surface area contributed by atoms with Gasteiger partial charge in [-0.1, -0.05) is 0 Å². The van der Waals surface area contributed by atoms with Gasteiger partial charge in [0.05, 0.1) is 30.7 Å². The standard InChI is InChI=1S/C16H16N4O3S2/c1-22-11-3-2-10(20-5-7-23-8-6-20)13-12(11)18-15(25-13)14(21)19-16-17-4-9-24-16/h2-4,9H,5-8H2,1H3,(H,17,19,21). The van der Waals surface area contributed by atoms with Crippen molar-refractivity contribution in [2.45, 2.75) is 0 Å². The zero-order chi connectivity index (χ0) is 17.2. The number of methoxy groups -OCH3 is 1. The van der Waals surface area contributed by atoms with Gasteiger partial charge in [-0.2, -0.15) is 0 Å². The van der Waals surface area contributed by atoms with Gasteiger partial charge in [0.15, 0.2) is 10.1 Å². The van der Waals surface area contributed by atoms with Crippen LogP contribution in [0.15, 0.2) is 23.7 Å². The van der Waals surface area contributed by atoms with Gasteiger partial charge in [0.25, 0.3) is 5.91 Å². The van der Waals surface area contributed by atoms with Crippen molar-refractivity contribution < 1.29 is 14.3 Å². The third kappa shape index (κ3) is 3.17. The highest BCUT2D eigenvalue weighted by atomic mass is 32.1. The summed E-state index contributed by atoms with van der Waals surface area (Å²) >= 11 is 2.74. The predicted molar refractivity (Wildman–Crippen MR) is 99.3 cm³/mol. The first-order valence-corrected chi connectivity index (χ1v) is 9.47. The average molecular weight is 376 g/mol. The predicted octanol–water partition coefficient (Wildman–Crippen LogP) is 2.85. The van der Waals surface area contributed by atoms with Crippen molar-refractivity contribution >= 4 is 49.6 Å². The van der Waals surface area contributed by atoms with Crippen molar-refractivity contribution in [1.29, 1.82) is 0 Å². The van der Waals surface area contributed by atoms with Crippen molar-refractivity contribution in [3.05, 3.63) is 28.7 Å². The molecule has 0 spiro atoms. The van der Waals surface area contributed by atoms with Crippen molar-refractivity contribution in [2.24, 2.45) is 0 Å². The van der Waals surface area contributed by atoms with Crippen molar-refractivity contribution in [2.75, 3.05) is 43.6 Å². The van der Waals surface area contributed by atoms with E-state index in [1.807, 2.05) is 17.5 Å². The fourth-order valence-electron chi connectivity index (χ4n) is 2.72. The van der Waals surface area contributed by atoms with Gasteiger partial charge in [0.2, 0.25) is 0 Å². The maximum absolute atomic E-state index is 12.5. The van der Waals surface area contributed by atoms with E-state index in [1.165, 1.54) is 22.7 Å². The molecule has 1 aliphatic rings. The van der Waals surface area contributed by atoms with Gasteiger partial charge in [-0.25, -0.2) is 9.97 Å². The molecule has 0 atom stereocenters. The first kappa shape index (κ1) is 16.2. The topological polar surface area (TPSA) is 76.6 Å². The summed E-state index contributed by atoms with van der Waals surface area (Å²) in [6, 6.07) is 3.92. The molecular formula is C16H16N4O3S2. The summed E-state index contributed by atoms with van der Waals surface area (Å²) in [7, 11) is 1.61. The molecule has 4 rings (SSSR count). The summed E-state index contributed by atoms with van der Waals surface area (Å²) in [5.41, 5.74) is 1.77. The van der Waals surface area contributed by atoms with Crippen LogP contribution in [0.3, 0.4) is 0 Å². The number of amides is 1. The number of aromatic nitrogens is 2. The Kier molecular flexibility index (Phi) is 4.51. The highest BCUT2D eigenvalue weighted by molar-refractivity contribution is 7.21. The number of hydrogen-bond donors (Lipinski definition) is 1. The molecule has 0 unspecified atom stereocenters. The van der Waals surface area contributed by atoms with Gasteiger partial charge in [0.1, 0.15) is 11.3 Å². The number of carbonyl (C=O) groups excluding carboxylic acids is 1. The number of anilines is 2. The Labute approximate surface area is 152 Å². The Morgan fingerprint density at radius 2 is 2.20 bits per heavy atom. The Hall–Kier alpha value is -2.23. The number of nitrogens with zero attached hydrogens (tertiary/aromatic N) is 3. The zero-order valence-electron chi connectivity index (χ0n) is 13.5. The van der Waals surface area contributed by atoms with Crippen LogP contribution in [0.25, 0.3) is 10.2 Å². The molecule has 3 heterocycles. The number of morpholine rings is 1. The van der Waals surface area contributed by atoms with Crippen LogP contribution in [0.5, 0.6) is 5.75 Å². The molecule has 1 fully saturated rings. The normalized spacial score (nSPS) is 14.7. The fraction of sp³-hybridized carbons (Fsp3) is 0.312. The van der Waals surface area contributed by atoms with E-state index in [2.05, 4.69) is 20.2 Å². The van der Waals surface area contributed by atoms with Crippen molar-refractivity contribution in [1.82, 2.24) is 9.97 Å². The molecule has 25 heavy (non-hydrogen) atoms. The van der Waals surface area contributed by atoms with Gasteiger partial charge in [0, 0.05) is 24.7 Å². The molecule has 0 radical (unpaired) electrons. The Morgan fingerprint density at radius 1 is 1.36 bits per heavy atom. The second-order valence-electron chi connectivity index (χ2n) is 5.37. The molecule has 0 saturated carbocycles. The van der Waals surface area contributed by atoms with E-state index in [0.717, 1.165) is 23.5 Å². The quantitative estimate of drug-likeness (QED) is 0.755. The first-order valence-electron chi connectivity index (χ1n) is 7.77. The summed E-state index contributed by atoms with van der Waals surface area (Å²) in [5.74, 6) is 0.405. The number of carbonyl (C=O) groups is 1. The molecule has 130 valence electrons. The van der Waals surface area contributed by atoms with Crippen LogP contribution in [-0.4, -0.2) is 49.3 Å². The van der Waals surface area contributed by atoms with E-state index < -0.39 is 0 Å². The van der Waals surface area contributed by atoms with Crippen LogP contribution in [0.4, 0.5) is 10.8 Å². The number of rotatable bonds is 4. The van der Waals surface area contributed by atoms with E-state index >= 15 is 0 Å². The van der Waals surface area contributed by atoms with E-state index in [9.17, 15) is 4.79 Å². The summed E-state index contributed by atoms with van der Waals surface area (Å²) in [6.07, 6.45) is 1.65. The number of fused-ring (bicyclic) bond motifs is 1. The maximum atomic E-state index is 12.5. The Morgan fingerprint density at radius 3 is 2.92 bits per heavy atom. The molecule has 9 heteroatoms. The third-order valence-electron chi connectivity index (χ3n) is 3.90. The molecule has 7 nitrogen and oxygen atoms in total. The zero-order valence-corrected chi connectivity index (χ0v) is 15.2. The lowest BCUT2D eigenvalue weighted by atomic mass is 10.2. The number of hydrogen-bond acceptors (Lipinski definition) is 8. The molecule has 1 aliphatic heterocycles. The SMILES string of the molecule is COc1ccc(N2CCOCC2)c2sc(C(=O)Nc3nccs3)nc12. The summed E-state index contributed by atoms with van der Waals surface area (Å²) in [6.45, 7) is 3.04. The Balaban J connectivity index is 1.73. The van der Waals surface area contributed by atoms with Gasteiger partial charge < -0.3 is 14.4 Å². The van der Waals surface area contributed by atoms with Gasteiger partial charge in [-0.15, -0.1) is 22.7 Å². The molecule has 2 aromatic heterocycles. The largest absolute Gasteiger partial charge is 0.494 e. The van der Waals surface area contributed by atoms with E-state index in [1.54, 1.807) is 13.3 Å². The minimum absolute atomic E-state index is 0.258. The highest BCUT2D eigenvalue weighted by Gasteiger charge is 2.21. The second-order valence-corrected chi connectivity index (χ2v) is 7.27. The highest BCUT2D eigenvalue weighted by Crippen LogP contribution is 2.38. The van der Waals surface area contributed by atoms with Gasteiger partial charge in [-0.05, 0) is 12.1 Å². The number of thiazole rings is 2. The van der Waals surface area contributed by atoms with Crippen LogP contribution in [0.1, 0.15) is 9.80 Å². The van der Waals surface area contributed by atoms with Crippen molar-refractivity contribution in [3.8, 4) is 5.75 Å². The van der Waals surface area contributed by atoms with Crippen LogP contribution in [0.2, 0.25) is 0 Å². The lowest BCUT2D eigenvalue weighted by molar-refractivity contribution is 0.102. The summed E-state index contributed by atoms with van der Waals surface area (Å²) in [4.78, 5) is 23.4.